The molecule has 246 valence electrons. The second kappa shape index (κ2) is 14.5. The molecule has 2 heterocycles. The Hall–Kier alpha value is -4.47. The van der Waals surface area contributed by atoms with Gasteiger partial charge in [0.25, 0.3) is 0 Å². The molecule has 5 rings (SSSR count). The van der Waals surface area contributed by atoms with Gasteiger partial charge in [-0.25, -0.2) is 15.1 Å². The Morgan fingerprint density at radius 3 is 2.43 bits per heavy atom. The van der Waals surface area contributed by atoms with Crippen molar-refractivity contribution in [2.24, 2.45) is 10.9 Å². The lowest BCUT2D eigenvalue weighted by Gasteiger charge is -2.22. The number of amides is 1. The van der Waals surface area contributed by atoms with E-state index in [-0.39, 0.29) is 28.6 Å². The van der Waals surface area contributed by atoms with Crippen LogP contribution < -0.4 is 25.2 Å². The number of nitrogens with zero attached hydrogens (tertiary/aromatic N) is 5. The molecule has 0 spiro atoms. The molecule has 47 heavy (non-hydrogen) atoms. The molecule has 1 fully saturated rings. The van der Waals surface area contributed by atoms with Gasteiger partial charge in [0.15, 0.2) is 11.0 Å². The van der Waals surface area contributed by atoms with Crippen LogP contribution in [0, 0.1) is 5.92 Å². The fourth-order valence-electron chi connectivity index (χ4n) is 4.78. The number of ether oxygens (including phenoxy) is 2. The fourth-order valence-corrected chi connectivity index (χ4v) is 5.85. The Morgan fingerprint density at radius 1 is 1.06 bits per heavy atom. The highest BCUT2D eigenvalue weighted by Gasteiger charge is 2.32. The van der Waals surface area contributed by atoms with Crippen LogP contribution in [0.2, 0.25) is 0 Å². The SMILES string of the molecule is COc1ccc(CC(C)C)c(N2C(=O)CSC2=NC(=S)NNC(C)c2ccc(-c3ncn(-c4ccc(OC(F)(F)F)cc4)n3)cc2)c1. The largest absolute Gasteiger partial charge is 0.573 e. The number of hydrazine groups is 1. The van der Waals surface area contributed by atoms with Gasteiger partial charge in [0.2, 0.25) is 11.0 Å². The van der Waals surface area contributed by atoms with Crippen molar-refractivity contribution in [2.75, 3.05) is 17.8 Å². The van der Waals surface area contributed by atoms with Crippen molar-refractivity contribution >= 4 is 45.9 Å². The summed E-state index contributed by atoms with van der Waals surface area (Å²) in [4.78, 5) is 23.5. The summed E-state index contributed by atoms with van der Waals surface area (Å²) in [6, 6.07) is 18.5. The molecule has 3 aromatic carbocycles. The Bertz CT molecular complexity index is 1760. The molecule has 0 saturated carbocycles. The third-order valence-electron chi connectivity index (χ3n) is 7.02. The first-order valence-electron chi connectivity index (χ1n) is 14.5. The maximum atomic E-state index is 13.0. The minimum Gasteiger partial charge on any atom is -0.497 e. The van der Waals surface area contributed by atoms with Gasteiger partial charge in [-0.3, -0.25) is 15.1 Å². The normalized spacial score (nSPS) is 14.9. The second-order valence-electron chi connectivity index (χ2n) is 11.0. The highest BCUT2D eigenvalue weighted by atomic mass is 32.2. The molecular weight excluding hydrogens is 652 g/mol. The summed E-state index contributed by atoms with van der Waals surface area (Å²) in [6.45, 7) is 6.20. The molecule has 2 N–H and O–H groups in total. The minimum absolute atomic E-state index is 0.0796. The zero-order chi connectivity index (χ0) is 33.7. The van der Waals surface area contributed by atoms with Gasteiger partial charge in [-0.15, -0.1) is 18.3 Å². The number of hydrogen-bond acceptors (Lipinski definition) is 8. The average molecular weight is 684 g/mol. The molecule has 0 radical (unpaired) electrons. The number of thioether (sulfide) groups is 1. The number of methoxy groups -OCH3 is 1. The first-order valence-corrected chi connectivity index (χ1v) is 15.9. The lowest BCUT2D eigenvalue weighted by atomic mass is 10.0. The van der Waals surface area contributed by atoms with Crippen molar-refractivity contribution in [1.29, 1.82) is 0 Å². The van der Waals surface area contributed by atoms with Crippen LogP contribution in [0.3, 0.4) is 0 Å². The average Bonchev–Trinajstić information content (AvgIpc) is 3.66. The number of alkyl halides is 3. The van der Waals surface area contributed by atoms with E-state index in [2.05, 4.69) is 44.5 Å². The summed E-state index contributed by atoms with van der Waals surface area (Å²) in [6.07, 6.45) is -2.49. The van der Waals surface area contributed by atoms with E-state index < -0.39 is 6.36 Å². The number of anilines is 1. The summed E-state index contributed by atoms with van der Waals surface area (Å²) in [5.74, 6) is 1.34. The summed E-state index contributed by atoms with van der Waals surface area (Å²) >= 11 is 6.82. The Kier molecular flexibility index (Phi) is 10.5. The number of benzene rings is 3. The smallest absolute Gasteiger partial charge is 0.497 e. The van der Waals surface area contributed by atoms with E-state index in [0.29, 0.717) is 28.3 Å². The molecule has 1 atom stereocenters. The van der Waals surface area contributed by atoms with Crippen LogP contribution in [0.25, 0.3) is 17.1 Å². The fraction of sp³-hybridized carbons (Fsp3) is 0.281. The molecular formula is C32H32F3N7O3S2. The predicted octanol–water partition coefficient (Wildman–Crippen LogP) is 6.62. The van der Waals surface area contributed by atoms with E-state index in [1.54, 1.807) is 12.0 Å². The number of thiocarbonyl (C=S) groups is 1. The van der Waals surface area contributed by atoms with Crippen molar-refractivity contribution in [3.8, 4) is 28.6 Å². The number of carbonyl (C=O) groups is 1. The van der Waals surface area contributed by atoms with Crippen molar-refractivity contribution in [3.63, 3.8) is 0 Å². The lowest BCUT2D eigenvalue weighted by molar-refractivity contribution is -0.274. The van der Waals surface area contributed by atoms with Crippen LogP contribution in [-0.4, -0.2) is 50.2 Å². The van der Waals surface area contributed by atoms with Gasteiger partial charge in [-0.2, -0.15) is 4.99 Å². The summed E-state index contributed by atoms with van der Waals surface area (Å²) < 4.78 is 48.1. The number of aliphatic imine (C=N–C) groups is 1. The van der Waals surface area contributed by atoms with Gasteiger partial charge < -0.3 is 9.47 Å². The number of halogens is 3. The number of amidine groups is 1. The van der Waals surface area contributed by atoms with Crippen molar-refractivity contribution in [2.45, 2.75) is 39.6 Å². The van der Waals surface area contributed by atoms with Crippen molar-refractivity contribution in [1.82, 2.24) is 25.6 Å². The highest BCUT2D eigenvalue weighted by molar-refractivity contribution is 8.15. The van der Waals surface area contributed by atoms with E-state index in [1.807, 2.05) is 49.4 Å². The first kappa shape index (κ1) is 33.9. The van der Waals surface area contributed by atoms with Gasteiger partial charge in [-0.05, 0) is 72.9 Å². The topological polar surface area (TPSA) is 106 Å². The standard InChI is InChI=1S/C32H32F3N7O3S2/c1-19(2)15-23-9-12-26(44-4)16-27(23)42-28(43)17-47-31(42)37-30(46)39-38-20(3)21-5-7-22(8-6-21)29-36-18-41(40-29)24-10-13-25(14-11-24)45-32(33,34)35/h5-14,16,18-20,38H,15,17H2,1-4H3,(H,39,46). The summed E-state index contributed by atoms with van der Waals surface area (Å²) in [5, 5.41) is 5.11. The highest BCUT2D eigenvalue weighted by Crippen LogP contribution is 2.34. The quantitative estimate of drug-likeness (QED) is 0.141. The molecule has 1 aliphatic heterocycles. The van der Waals surface area contributed by atoms with Crippen LogP contribution in [0.4, 0.5) is 18.9 Å². The molecule has 1 aromatic heterocycles. The molecule has 0 bridgehead atoms. The maximum absolute atomic E-state index is 13.0. The van der Waals surface area contributed by atoms with E-state index in [1.165, 1.54) is 47.0 Å². The van der Waals surface area contributed by atoms with Crippen LogP contribution in [0.5, 0.6) is 11.5 Å². The molecule has 4 aromatic rings. The molecule has 0 aliphatic carbocycles. The van der Waals surface area contributed by atoms with E-state index in [9.17, 15) is 18.0 Å². The number of hydrogen-bond donors (Lipinski definition) is 2. The number of nitrogens with one attached hydrogen (secondary N) is 2. The van der Waals surface area contributed by atoms with Gasteiger partial charge in [0.05, 0.1) is 24.2 Å². The predicted molar refractivity (Wildman–Crippen MR) is 180 cm³/mol. The van der Waals surface area contributed by atoms with Gasteiger partial charge in [-0.1, -0.05) is 55.9 Å². The van der Waals surface area contributed by atoms with Gasteiger partial charge in [0.1, 0.15) is 17.8 Å². The Labute approximate surface area is 279 Å². The van der Waals surface area contributed by atoms with Crippen molar-refractivity contribution in [3.05, 3.63) is 84.2 Å². The molecule has 1 aliphatic rings. The van der Waals surface area contributed by atoms with E-state index in [4.69, 9.17) is 17.0 Å². The lowest BCUT2D eigenvalue weighted by Crippen LogP contribution is -2.38. The molecule has 1 unspecified atom stereocenters. The third kappa shape index (κ3) is 8.67. The van der Waals surface area contributed by atoms with E-state index >= 15 is 0 Å². The number of carbonyl (C=O) groups excluding carboxylic acids is 1. The van der Waals surface area contributed by atoms with Crippen LogP contribution in [0.15, 0.2) is 78.0 Å². The number of aromatic nitrogens is 3. The molecule has 1 amide bonds. The van der Waals surface area contributed by atoms with Crippen LogP contribution in [-0.2, 0) is 11.2 Å². The minimum atomic E-state index is -4.76. The van der Waals surface area contributed by atoms with Gasteiger partial charge in [0, 0.05) is 17.7 Å². The zero-order valence-electron chi connectivity index (χ0n) is 25.9. The Balaban J connectivity index is 1.21. The van der Waals surface area contributed by atoms with Crippen molar-refractivity contribution < 1.29 is 27.4 Å². The van der Waals surface area contributed by atoms with E-state index in [0.717, 1.165) is 28.8 Å². The molecule has 1 saturated heterocycles. The number of rotatable bonds is 10. The monoisotopic (exact) mass is 683 g/mol. The molecule has 15 heteroatoms. The summed E-state index contributed by atoms with van der Waals surface area (Å²) in [7, 11) is 1.59. The maximum Gasteiger partial charge on any atom is 0.573 e. The molecule has 10 nitrogen and oxygen atoms in total. The third-order valence-corrected chi connectivity index (χ3v) is 8.13. The second-order valence-corrected chi connectivity index (χ2v) is 12.3. The van der Waals surface area contributed by atoms with Crippen LogP contribution >= 0.6 is 24.0 Å². The first-order chi connectivity index (χ1) is 22.4. The summed E-state index contributed by atoms with van der Waals surface area (Å²) in [5.41, 5.74) is 10.1. The Morgan fingerprint density at radius 2 is 1.77 bits per heavy atom. The van der Waals surface area contributed by atoms with Crippen LogP contribution in [0.1, 0.15) is 37.9 Å². The zero-order valence-corrected chi connectivity index (χ0v) is 27.5. The van der Waals surface area contributed by atoms with Gasteiger partial charge >= 0.3 is 6.36 Å².